The smallest absolute Gasteiger partial charge is 0.253 e. The maximum absolute atomic E-state index is 12.8. The van der Waals surface area contributed by atoms with Crippen LogP contribution in [-0.4, -0.2) is 37.4 Å². The first-order valence-corrected chi connectivity index (χ1v) is 9.52. The average molecular weight is 385 g/mol. The highest BCUT2D eigenvalue weighted by Gasteiger charge is 2.13. The van der Waals surface area contributed by atoms with Gasteiger partial charge < -0.3 is 4.90 Å². The van der Waals surface area contributed by atoms with Crippen LogP contribution in [0, 0.1) is 6.92 Å². The molecule has 0 aliphatic rings. The standard InChI is InChI=1S/C23H23N5O/c1-18-12-13-24-28(18)22-10-8-21(9-11-22)23(29)26(2)15-20-14-25-27(17-20)16-19-6-4-3-5-7-19/h3-14,17H,15-16H2,1-2H3. The Labute approximate surface area is 170 Å². The molecule has 1 amide bonds. The van der Waals surface area contributed by atoms with Crippen LogP contribution in [0.25, 0.3) is 5.69 Å². The van der Waals surface area contributed by atoms with E-state index in [1.54, 1.807) is 11.1 Å². The fourth-order valence-corrected chi connectivity index (χ4v) is 3.30. The molecule has 6 nitrogen and oxygen atoms in total. The van der Waals surface area contributed by atoms with Crippen molar-refractivity contribution in [2.24, 2.45) is 0 Å². The maximum atomic E-state index is 12.8. The Hall–Kier alpha value is -3.67. The molecule has 0 unspecified atom stereocenters. The molecule has 0 aliphatic heterocycles. The monoisotopic (exact) mass is 385 g/mol. The topological polar surface area (TPSA) is 56.0 Å². The number of hydrogen-bond acceptors (Lipinski definition) is 3. The van der Waals surface area contributed by atoms with Crippen molar-refractivity contribution in [2.45, 2.75) is 20.0 Å². The van der Waals surface area contributed by atoms with Crippen molar-refractivity contribution in [1.29, 1.82) is 0 Å². The first-order valence-electron chi connectivity index (χ1n) is 9.52. The molecule has 4 rings (SSSR count). The highest BCUT2D eigenvalue weighted by atomic mass is 16.2. The minimum atomic E-state index is -0.0236. The van der Waals surface area contributed by atoms with Crippen molar-refractivity contribution in [2.75, 3.05) is 7.05 Å². The normalized spacial score (nSPS) is 10.8. The van der Waals surface area contributed by atoms with E-state index in [0.29, 0.717) is 18.7 Å². The largest absolute Gasteiger partial charge is 0.337 e. The summed E-state index contributed by atoms with van der Waals surface area (Å²) in [4.78, 5) is 14.5. The quantitative estimate of drug-likeness (QED) is 0.509. The zero-order chi connectivity index (χ0) is 20.2. The average Bonchev–Trinajstić information content (AvgIpc) is 3.37. The number of aryl methyl sites for hydroxylation is 1. The highest BCUT2D eigenvalue weighted by molar-refractivity contribution is 5.94. The van der Waals surface area contributed by atoms with Crippen molar-refractivity contribution in [1.82, 2.24) is 24.5 Å². The van der Waals surface area contributed by atoms with E-state index in [1.165, 1.54) is 5.56 Å². The molecule has 6 heteroatoms. The van der Waals surface area contributed by atoms with Crippen molar-refractivity contribution in [3.8, 4) is 5.69 Å². The SMILES string of the molecule is Cc1ccnn1-c1ccc(C(=O)N(C)Cc2cnn(Cc3ccccc3)c2)cc1. The third kappa shape index (κ3) is 4.27. The van der Waals surface area contributed by atoms with Gasteiger partial charge in [-0.2, -0.15) is 10.2 Å². The van der Waals surface area contributed by atoms with Crippen molar-refractivity contribution in [3.63, 3.8) is 0 Å². The lowest BCUT2D eigenvalue weighted by atomic mass is 10.1. The highest BCUT2D eigenvalue weighted by Crippen LogP contribution is 2.14. The number of carbonyl (C=O) groups excluding carboxylic acids is 1. The molecule has 0 fully saturated rings. The number of carbonyl (C=O) groups is 1. The Morgan fingerprint density at radius 3 is 2.41 bits per heavy atom. The third-order valence-electron chi connectivity index (χ3n) is 4.83. The maximum Gasteiger partial charge on any atom is 0.253 e. The van der Waals surface area contributed by atoms with Gasteiger partial charge in [-0.15, -0.1) is 0 Å². The van der Waals surface area contributed by atoms with E-state index in [2.05, 4.69) is 22.3 Å². The summed E-state index contributed by atoms with van der Waals surface area (Å²) in [5.41, 5.74) is 4.83. The molecule has 0 spiro atoms. The van der Waals surface area contributed by atoms with Crippen LogP contribution in [0.1, 0.15) is 27.2 Å². The van der Waals surface area contributed by atoms with Gasteiger partial charge in [0.05, 0.1) is 18.4 Å². The molecule has 29 heavy (non-hydrogen) atoms. The van der Waals surface area contributed by atoms with Crippen LogP contribution < -0.4 is 0 Å². The van der Waals surface area contributed by atoms with E-state index < -0.39 is 0 Å². The number of benzene rings is 2. The predicted molar refractivity (Wildman–Crippen MR) is 112 cm³/mol. The van der Waals surface area contributed by atoms with Crippen molar-refractivity contribution in [3.05, 3.63) is 102 Å². The Morgan fingerprint density at radius 2 is 1.72 bits per heavy atom. The Morgan fingerprint density at radius 1 is 0.966 bits per heavy atom. The molecule has 0 aliphatic carbocycles. The van der Waals surface area contributed by atoms with Gasteiger partial charge in [0.25, 0.3) is 5.91 Å². The number of hydrogen-bond donors (Lipinski definition) is 0. The van der Waals surface area contributed by atoms with Gasteiger partial charge in [-0.1, -0.05) is 30.3 Å². The molecule has 2 aromatic heterocycles. The second-order valence-electron chi connectivity index (χ2n) is 7.12. The number of aromatic nitrogens is 4. The molecular weight excluding hydrogens is 362 g/mol. The first kappa shape index (κ1) is 18.7. The van der Waals surface area contributed by atoms with Crippen molar-refractivity contribution >= 4 is 5.91 Å². The van der Waals surface area contributed by atoms with E-state index >= 15 is 0 Å². The number of nitrogens with zero attached hydrogens (tertiary/aromatic N) is 5. The molecule has 2 aromatic carbocycles. The van der Waals surface area contributed by atoms with E-state index in [0.717, 1.165) is 16.9 Å². The van der Waals surface area contributed by atoms with Gasteiger partial charge in [-0.3, -0.25) is 9.48 Å². The van der Waals surface area contributed by atoms with Crippen molar-refractivity contribution < 1.29 is 4.79 Å². The van der Waals surface area contributed by atoms with Gasteiger partial charge in [0.2, 0.25) is 0 Å². The Bertz CT molecular complexity index is 1100. The fourth-order valence-electron chi connectivity index (χ4n) is 3.30. The summed E-state index contributed by atoms with van der Waals surface area (Å²) in [7, 11) is 1.81. The molecule has 146 valence electrons. The molecule has 4 aromatic rings. The van der Waals surface area contributed by atoms with Gasteiger partial charge in [0.15, 0.2) is 0 Å². The fraction of sp³-hybridized carbons (Fsp3) is 0.174. The lowest BCUT2D eigenvalue weighted by Crippen LogP contribution is -2.26. The zero-order valence-electron chi connectivity index (χ0n) is 16.6. The summed E-state index contributed by atoms with van der Waals surface area (Å²) in [6.45, 7) is 3.22. The van der Waals surface area contributed by atoms with E-state index in [-0.39, 0.29) is 5.91 Å². The Kier molecular flexibility index (Phi) is 5.24. The zero-order valence-corrected chi connectivity index (χ0v) is 16.6. The molecule has 0 saturated carbocycles. The van der Waals surface area contributed by atoms with Gasteiger partial charge in [-0.05, 0) is 42.8 Å². The van der Waals surface area contributed by atoms with Crippen LogP contribution in [-0.2, 0) is 13.1 Å². The van der Waals surface area contributed by atoms with Gasteiger partial charge in [-0.25, -0.2) is 4.68 Å². The summed E-state index contributed by atoms with van der Waals surface area (Å²) in [6.07, 6.45) is 5.57. The molecular formula is C23H23N5O. The van der Waals surface area contributed by atoms with E-state index in [9.17, 15) is 4.79 Å². The number of rotatable bonds is 6. The molecule has 0 atom stereocenters. The molecule has 0 saturated heterocycles. The number of amides is 1. The second-order valence-corrected chi connectivity index (χ2v) is 7.12. The molecule has 2 heterocycles. The lowest BCUT2D eigenvalue weighted by molar-refractivity contribution is 0.0785. The summed E-state index contributed by atoms with van der Waals surface area (Å²) in [6, 6.07) is 19.7. The van der Waals surface area contributed by atoms with Gasteiger partial charge in [0.1, 0.15) is 0 Å². The van der Waals surface area contributed by atoms with Crippen LogP contribution in [0.3, 0.4) is 0 Å². The molecule has 0 N–H and O–H groups in total. The Balaban J connectivity index is 1.40. The first-order chi connectivity index (χ1) is 14.1. The van der Waals surface area contributed by atoms with Crippen LogP contribution >= 0.6 is 0 Å². The molecule has 0 radical (unpaired) electrons. The van der Waals surface area contributed by atoms with Crippen LogP contribution in [0.5, 0.6) is 0 Å². The third-order valence-corrected chi connectivity index (χ3v) is 4.83. The van der Waals surface area contributed by atoms with Gasteiger partial charge >= 0.3 is 0 Å². The van der Waals surface area contributed by atoms with Crippen LogP contribution in [0.15, 0.2) is 79.3 Å². The summed E-state index contributed by atoms with van der Waals surface area (Å²) in [5, 5.41) is 8.71. The summed E-state index contributed by atoms with van der Waals surface area (Å²) in [5.74, 6) is -0.0236. The van der Waals surface area contributed by atoms with E-state index in [1.807, 2.05) is 84.3 Å². The summed E-state index contributed by atoms with van der Waals surface area (Å²) < 4.78 is 3.74. The van der Waals surface area contributed by atoms with Crippen LogP contribution in [0.2, 0.25) is 0 Å². The van der Waals surface area contributed by atoms with Gasteiger partial charge in [0, 0.05) is 42.8 Å². The summed E-state index contributed by atoms with van der Waals surface area (Å²) >= 11 is 0. The minimum Gasteiger partial charge on any atom is -0.337 e. The minimum absolute atomic E-state index is 0.0236. The molecule has 0 bridgehead atoms. The predicted octanol–water partition coefficient (Wildman–Crippen LogP) is 3.70. The van der Waals surface area contributed by atoms with E-state index in [4.69, 9.17) is 0 Å². The lowest BCUT2D eigenvalue weighted by Gasteiger charge is -2.16. The van der Waals surface area contributed by atoms with Crippen LogP contribution in [0.4, 0.5) is 0 Å². The second kappa shape index (κ2) is 8.14.